The van der Waals surface area contributed by atoms with Crippen LogP contribution in [0.5, 0.6) is 0 Å². The third-order valence-corrected chi connectivity index (χ3v) is 1.75. The Morgan fingerprint density at radius 3 is 2.00 bits per heavy atom. The number of carbonyl (C=O) groups is 1. The molecule has 1 N–H and O–H groups in total. The fourth-order valence-corrected chi connectivity index (χ4v) is 1.27. The molecule has 0 aliphatic carbocycles. The smallest absolute Gasteiger partial charge is 0.449 e. The molecule has 0 unspecified atom stereocenters. The van der Waals surface area contributed by atoms with Crippen LogP contribution in [-0.4, -0.2) is 30.9 Å². The van der Waals surface area contributed by atoms with Gasteiger partial charge in [0.25, 0.3) is 0 Å². The molecule has 0 fully saturated rings. The van der Waals surface area contributed by atoms with E-state index in [0.717, 1.165) is 0 Å². The average Bonchev–Trinajstić information content (AvgIpc) is 1.90. The molecule has 0 radical (unpaired) electrons. The monoisotopic (exact) mass is 294 g/mol. The topological polar surface area (TPSA) is 38.3 Å². The van der Waals surface area contributed by atoms with Gasteiger partial charge in [-0.1, -0.05) is 6.32 Å². The van der Waals surface area contributed by atoms with Gasteiger partial charge in [0.05, 0.1) is 6.42 Å². The van der Waals surface area contributed by atoms with Crippen LogP contribution in [0.2, 0.25) is 6.32 Å². The maximum Gasteiger partial charge on any atom is 0.480 e. The number of carbonyl (C=O) groups excluding carboxylic acids is 1. The highest BCUT2D eigenvalue weighted by atomic mass is 19.4. The summed E-state index contributed by atoms with van der Waals surface area (Å²) < 4.78 is 77.5. The van der Waals surface area contributed by atoms with Crippen molar-refractivity contribution in [3.05, 3.63) is 0 Å². The van der Waals surface area contributed by atoms with E-state index in [2.05, 4.69) is 4.74 Å². The summed E-state index contributed by atoms with van der Waals surface area (Å²) in [7, 11) is 0. The Morgan fingerprint density at radius 2 is 1.68 bits per heavy atom. The van der Waals surface area contributed by atoms with E-state index in [9.17, 15) is 30.9 Å². The number of ether oxygens (including phenoxy) is 1. The first-order valence-corrected chi connectivity index (χ1v) is 5.45. The molecule has 0 aromatic rings. The van der Waals surface area contributed by atoms with Crippen LogP contribution in [0.1, 0.15) is 27.2 Å². The van der Waals surface area contributed by atoms with E-state index in [-0.39, 0.29) is 0 Å². The zero-order chi connectivity index (χ0) is 15.5. The number of halogens is 6. The molecule has 0 spiro atoms. The second kappa shape index (κ2) is 5.91. The number of nitrogens with one attached hydrogen (secondary N) is 1. The maximum atomic E-state index is 12.2. The van der Waals surface area contributed by atoms with Gasteiger partial charge in [0.1, 0.15) is 5.60 Å². The summed E-state index contributed by atoms with van der Waals surface area (Å²) in [4.78, 5) is 11.2. The first kappa shape index (κ1) is 17.9. The van der Waals surface area contributed by atoms with Crippen molar-refractivity contribution in [3.8, 4) is 0 Å². The van der Waals surface area contributed by atoms with Gasteiger partial charge >= 0.3 is 19.2 Å². The van der Waals surface area contributed by atoms with Gasteiger partial charge in [0, 0.05) is 6.04 Å². The van der Waals surface area contributed by atoms with Gasteiger partial charge in [-0.3, -0.25) is 0 Å². The lowest BCUT2D eigenvalue weighted by atomic mass is 9.80. The number of rotatable bonds is 4. The lowest BCUT2D eigenvalue weighted by molar-refractivity contribution is -0.138. The van der Waals surface area contributed by atoms with Crippen LogP contribution in [-0.2, 0) is 4.74 Å². The predicted molar refractivity (Wildman–Crippen MR) is 57.7 cm³/mol. The molecule has 0 aromatic carbocycles. The molecule has 0 aromatic heterocycles. The number of alkyl carbamates (subject to hydrolysis) is 1. The summed E-state index contributed by atoms with van der Waals surface area (Å²) in [6, 6.07) is -2.07. The van der Waals surface area contributed by atoms with Crippen molar-refractivity contribution in [1.82, 2.24) is 5.32 Å². The molecular formula is C9H15BF6NO2-. The van der Waals surface area contributed by atoms with E-state index >= 15 is 0 Å². The van der Waals surface area contributed by atoms with Crippen LogP contribution in [0.15, 0.2) is 0 Å². The third kappa shape index (κ3) is 11.7. The Hall–Kier alpha value is -1.09. The number of hydrogen-bond acceptors (Lipinski definition) is 2. The van der Waals surface area contributed by atoms with Gasteiger partial charge < -0.3 is 23.0 Å². The Balaban J connectivity index is 4.63. The molecule has 19 heavy (non-hydrogen) atoms. The zero-order valence-corrected chi connectivity index (χ0v) is 10.7. The molecule has 1 amide bonds. The van der Waals surface area contributed by atoms with Crippen molar-refractivity contribution in [2.75, 3.05) is 0 Å². The third-order valence-electron chi connectivity index (χ3n) is 1.75. The minimum Gasteiger partial charge on any atom is -0.449 e. The SMILES string of the molecule is CC(C)(C)OC(=O)N[C@H](C[B-](F)(F)F)CC(F)(F)F. The van der Waals surface area contributed by atoms with Crippen LogP contribution in [0.25, 0.3) is 0 Å². The minimum absolute atomic E-state index is 1.00. The van der Waals surface area contributed by atoms with E-state index in [0.29, 0.717) is 0 Å². The van der Waals surface area contributed by atoms with Gasteiger partial charge in [-0.25, -0.2) is 4.79 Å². The minimum atomic E-state index is -5.45. The van der Waals surface area contributed by atoms with Gasteiger partial charge in [-0.15, -0.1) is 0 Å². The second-order valence-electron chi connectivity index (χ2n) is 5.11. The highest BCUT2D eigenvalue weighted by Crippen LogP contribution is 2.27. The van der Waals surface area contributed by atoms with Crippen LogP contribution in [0, 0.1) is 0 Å². The van der Waals surface area contributed by atoms with Crippen LogP contribution in [0.4, 0.5) is 30.9 Å². The molecule has 0 heterocycles. The van der Waals surface area contributed by atoms with Crippen LogP contribution >= 0.6 is 0 Å². The Morgan fingerprint density at radius 1 is 1.21 bits per heavy atom. The summed E-state index contributed by atoms with van der Waals surface area (Å²) in [5.41, 5.74) is -1.00. The second-order valence-corrected chi connectivity index (χ2v) is 5.11. The summed E-state index contributed by atoms with van der Waals surface area (Å²) in [6.45, 7) is -1.11. The summed E-state index contributed by atoms with van der Waals surface area (Å²) in [6.07, 6.45) is -9.57. The number of amides is 1. The van der Waals surface area contributed by atoms with E-state index < -0.39 is 43.6 Å². The fraction of sp³-hybridized carbons (Fsp3) is 0.889. The van der Waals surface area contributed by atoms with Crippen molar-refractivity contribution in [1.29, 1.82) is 0 Å². The molecule has 10 heteroatoms. The molecule has 0 aliphatic rings. The first-order valence-electron chi connectivity index (χ1n) is 5.45. The van der Waals surface area contributed by atoms with Crippen LogP contribution in [0.3, 0.4) is 0 Å². The highest BCUT2D eigenvalue weighted by Gasteiger charge is 2.37. The van der Waals surface area contributed by atoms with Gasteiger partial charge in [-0.05, 0) is 20.8 Å². The van der Waals surface area contributed by atoms with E-state index in [1.807, 2.05) is 0 Å². The molecule has 0 bridgehead atoms. The van der Waals surface area contributed by atoms with Crippen molar-refractivity contribution in [3.63, 3.8) is 0 Å². The molecule has 0 saturated carbocycles. The molecule has 114 valence electrons. The Labute approximate surface area is 106 Å². The lowest BCUT2D eigenvalue weighted by Gasteiger charge is -2.27. The summed E-state index contributed by atoms with van der Waals surface area (Å²) in [5.74, 6) is 0. The van der Waals surface area contributed by atoms with Crippen molar-refractivity contribution in [2.45, 2.75) is 51.3 Å². The predicted octanol–water partition coefficient (Wildman–Crippen LogP) is 3.68. The van der Waals surface area contributed by atoms with E-state index in [4.69, 9.17) is 0 Å². The van der Waals surface area contributed by atoms with E-state index in [1.54, 1.807) is 5.32 Å². The molecule has 0 aliphatic heterocycles. The summed E-state index contributed by atoms with van der Waals surface area (Å²) in [5, 5.41) is 1.60. The normalized spacial score (nSPS) is 15.0. The van der Waals surface area contributed by atoms with Crippen molar-refractivity contribution >= 4 is 13.1 Å². The molecule has 0 rings (SSSR count). The standard InChI is InChI=1S/C9H15BF6NO2/c1-8(2,3)19-7(18)17-6(4-9(11,12)13)5-10(14,15)16/h6H,4-5H2,1-3H3,(H,17,18)/q-1/t6-/m0/s1. The van der Waals surface area contributed by atoms with Crippen molar-refractivity contribution < 1.29 is 35.6 Å². The Kier molecular flexibility index (Phi) is 5.58. The largest absolute Gasteiger partial charge is 0.480 e. The summed E-state index contributed by atoms with van der Waals surface area (Å²) >= 11 is 0. The first-order chi connectivity index (χ1) is 8.18. The lowest BCUT2D eigenvalue weighted by Crippen LogP contribution is -2.44. The quantitative estimate of drug-likeness (QED) is 0.634. The average molecular weight is 294 g/mol. The maximum absolute atomic E-state index is 12.2. The molecule has 0 saturated heterocycles. The molecule has 3 nitrogen and oxygen atoms in total. The van der Waals surface area contributed by atoms with Gasteiger partial charge in [-0.2, -0.15) is 13.2 Å². The highest BCUT2D eigenvalue weighted by molar-refractivity contribution is 6.58. The fourth-order valence-electron chi connectivity index (χ4n) is 1.27. The van der Waals surface area contributed by atoms with Gasteiger partial charge in [0.2, 0.25) is 0 Å². The number of alkyl halides is 3. The van der Waals surface area contributed by atoms with Crippen molar-refractivity contribution in [2.24, 2.45) is 0 Å². The molecular weight excluding hydrogens is 279 g/mol. The number of hydrogen-bond donors (Lipinski definition) is 1. The zero-order valence-electron chi connectivity index (χ0n) is 10.7. The van der Waals surface area contributed by atoms with E-state index in [1.165, 1.54) is 20.8 Å². The Bertz CT molecular complexity index is 293. The van der Waals surface area contributed by atoms with Crippen LogP contribution < -0.4 is 5.32 Å². The molecule has 1 atom stereocenters. The van der Waals surface area contributed by atoms with Gasteiger partial charge in [0.15, 0.2) is 0 Å².